The van der Waals surface area contributed by atoms with Crippen molar-refractivity contribution in [2.45, 2.75) is 20.4 Å². The monoisotopic (exact) mass is 380 g/mol. The highest BCUT2D eigenvalue weighted by Crippen LogP contribution is 2.19. The van der Waals surface area contributed by atoms with Gasteiger partial charge in [0.15, 0.2) is 0 Å². The van der Waals surface area contributed by atoms with Gasteiger partial charge in [0.25, 0.3) is 5.91 Å². The molecule has 0 aliphatic heterocycles. The van der Waals surface area contributed by atoms with Crippen LogP contribution in [0.3, 0.4) is 0 Å². The maximum Gasteiger partial charge on any atom is 0.277 e. The minimum atomic E-state index is -0.161. The number of carbonyl (C=O) groups is 1. The Labute approximate surface area is 164 Å². The second-order valence-corrected chi connectivity index (χ2v) is 6.53. The Morgan fingerprint density at radius 3 is 2.67 bits per heavy atom. The molecule has 0 saturated carbocycles. The van der Waals surface area contributed by atoms with Crippen molar-refractivity contribution in [3.05, 3.63) is 82.8 Å². The molecular formula is C21H21ClN4O. The number of nitrogens with one attached hydrogen (secondary N) is 1. The Balaban J connectivity index is 1.77. The van der Waals surface area contributed by atoms with Crippen molar-refractivity contribution in [3.63, 3.8) is 0 Å². The third-order valence-corrected chi connectivity index (χ3v) is 4.55. The quantitative estimate of drug-likeness (QED) is 0.672. The van der Waals surface area contributed by atoms with E-state index in [0.717, 1.165) is 16.8 Å². The van der Waals surface area contributed by atoms with Gasteiger partial charge in [0.2, 0.25) is 0 Å². The normalized spacial score (nSPS) is 10.5. The first-order valence-corrected chi connectivity index (χ1v) is 9.14. The fourth-order valence-corrected chi connectivity index (χ4v) is 2.98. The van der Waals surface area contributed by atoms with E-state index in [0.29, 0.717) is 29.6 Å². The first-order chi connectivity index (χ1) is 13.1. The average Bonchev–Trinajstić information content (AvgIpc) is 2.68. The Hall–Kier alpha value is -2.92. The molecule has 0 bridgehead atoms. The summed E-state index contributed by atoms with van der Waals surface area (Å²) in [6, 6.07) is 17.1. The lowest BCUT2D eigenvalue weighted by Crippen LogP contribution is -2.31. The summed E-state index contributed by atoms with van der Waals surface area (Å²) in [5.41, 5.74) is 3.26. The number of hydrogen-bond acceptors (Lipinski definition) is 4. The lowest BCUT2D eigenvalue weighted by atomic mass is 10.2. The lowest BCUT2D eigenvalue weighted by molar-refractivity contribution is 0.0983. The number of hydrogen-bond donors (Lipinski definition) is 1. The molecule has 0 aliphatic carbocycles. The first-order valence-electron chi connectivity index (χ1n) is 8.76. The Kier molecular flexibility index (Phi) is 6.04. The minimum absolute atomic E-state index is 0.161. The molecular weight excluding hydrogens is 360 g/mol. The molecule has 3 rings (SSSR count). The van der Waals surface area contributed by atoms with Gasteiger partial charge in [-0.25, -0.2) is 9.97 Å². The Bertz CT molecular complexity index is 945. The Morgan fingerprint density at radius 1 is 1.11 bits per heavy atom. The number of anilines is 2. The fourth-order valence-electron chi connectivity index (χ4n) is 2.78. The third-order valence-electron chi connectivity index (χ3n) is 4.18. The molecule has 5 nitrogen and oxygen atoms in total. The molecule has 6 heteroatoms. The number of aryl methyl sites for hydroxylation is 1. The predicted octanol–water partition coefficient (Wildman–Crippen LogP) is 4.72. The van der Waals surface area contributed by atoms with Crippen LogP contribution in [0.5, 0.6) is 0 Å². The highest BCUT2D eigenvalue weighted by molar-refractivity contribution is 6.31. The largest absolute Gasteiger partial charge is 0.366 e. The Morgan fingerprint density at radius 2 is 1.93 bits per heavy atom. The molecule has 1 aromatic heterocycles. The van der Waals surface area contributed by atoms with Gasteiger partial charge in [-0.2, -0.15) is 0 Å². The predicted molar refractivity (Wildman–Crippen MR) is 109 cm³/mol. The number of amides is 1. The summed E-state index contributed by atoms with van der Waals surface area (Å²) in [4.78, 5) is 23.0. The van der Waals surface area contributed by atoms with Crippen LogP contribution in [0, 0.1) is 6.92 Å². The highest BCUT2D eigenvalue weighted by atomic mass is 35.5. The number of aromatic nitrogens is 2. The molecule has 0 atom stereocenters. The number of nitrogens with zero attached hydrogens (tertiary/aromatic N) is 3. The van der Waals surface area contributed by atoms with E-state index in [1.807, 2.05) is 62.4 Å². The molecule has 0 aliphatic rings. The van der Waals surface area contributed by atoms with Crippen LogP contribution in [0.4, 0.5) is 11.5 Å². The van der Waals surface area contributed by atoms with Crippen molar-refractivity contribution in [2.75, 3.05) is 16.8 Å². The van der Waals surface area contributed by atoms with E-state index in [1.54, 1.807) is 11.0 Å². The SMILES string of the molecule is CCN(C(=O)c1cc(NCc2ccccc2Cl)ncn1)c1cccc(C)c1. The molecule has 0 fully saturated rings. The van der Waals surface area contributed by atoms with Crippen LogP contribution in [0.15, 0.2) is 60.9 Å². The summed E-state index contributed by atoms with van der Waals surface area (Å²) in [6.07, 6.45) is 1.40. The zero-order chi connectivity index (χ0) is 19.2. The maximum absolute atomic E-state index is 13.0. The van der Waals surface area contributed by atoms with Crippen LogP contribution in [-0.2, 0) is 6.54 Å². The average molecular weight is 381 g/mol. The van der Waals surface area contributed by atoms with E-state index < -0.39 is 0 Å². The molecule has 0 saturated heterocycles. The molecule has 0 spiro atoms. The van der Waals surface area contributed by atoms with Crippen molar-refractivity contribution in [1.82, 2.24) is 9.97 Å². The molecule has 2 aromatic carbocycles. The summed E-state index contributed by atoms with van der Waals surface area (Å²) in [5, 5.41) is 3.88. The van der Waals surface area contributed by atoms with Crippen LogP contribution < -0.4 is 10.2 Å². The van der Waals surface area contributed by atoms with Crippen LogP contribution >= 0.6 is 11.6 Å². The van der Waals surface area contributed by atoms with Crippen LogP contribution in [0.25, 0.3) is 0 Å². The molecule has 138 valence electrons. The van der Waals surface area contributed by atoms with Crippen molar-refractivity contribution in [1.29, 1.82) is 0 Å². The van der Waals surface area contributed by atoms with E-state index in [9.17, 15) is 4.79 Å². The molecule has 0 unspecified atom stereocenters. The smallest absolute Gasteiger partial charge is 0.277 e. The zero-order valence-electron chi connectivity index (χ0n) is 15.3. The summed E-state index contributed by atoms with van der Waals surface area (Å²) < 4.78 is 0. The van der Waals surface area contributed by atoms with Gasteiger partial charge in [-0.05, 0) is 43.2 Å². The number of rotatable bonds is 6. The number of carbonyl (C=O) groups excluding carboxylic acids is 1. The van der Waals surface area contributed by atoms with Crippen LogP contribution in [0.1, 0.15) is 28.5 Å². The van der Waals surface area contributed by atoms with Crippen LogP contribution in [0.2, 0.25) is 5.02 Å². The topological polar surface area (TPSA) is 58.1 Å². The minimum Gasteiger partial charge on any atom is -0.366 e. The van der Waals surface area contributed by atoms with E-state index >= 15 is 0 Å². The summed E-state index contributed by atoms with van der Waals surface area (Å²) >= 11 is 6.18. The molecule has 27 heavy (non-hydrogen) atoms. The van der Waals surface area contributed by atoms with Gasteiger partial charge in [0.1, 0.15) is 17.8 Å². The third kappa shape index (κ3) is 4.63. The number of halogens is 1. The van der Waals surface area contributed by atoms with E-state index in [1.165, 1.54) is 6.33 Å². The molecule has 1 heterocycles. The van der Waals surface area contributed by atoms with E-state index in [2.05, 4.69) is 15.3 Å². The summed E-state index contributed by atoms with van der Waals surface area (Å²) in [7, 11) is 0. The van der Waals surface area contributed by atoms with Gasteiger partial charge in [-0.3, -0.25) is 4.79 Å². The van der Waals surface area contributed by atoms with Gasteiger partial charge >= 0.3 is 0 Å². The van der Waals surface area contributed by atoms with Crippen molar-refractivity contribution in [2.24, 2.45) is 0 Å². The molecule has 0 radical (unpaired) electrons. The number of benzene rings is 2. The highest BCUT2D eigenvalue weighted by Gasteiger charge is 2.18. The molecule has 1 amide bonds. The van der Waals surface area contributed by atoms with Crippen molar-refractivity contribution < 1.29 is 4.79 Å². The summed E-state index contributed by atoms with van der Waals surface area (Å²) in [6.45, 7) is 5.01. The molecule has 3 aromatic rings. The van der Waals surface area contributed by atoms with Gasteiger partial charge < -0.3 is 10.2 Å². The standard InChI is InChI=1S/C21H21ClN4O/c1-3-26(17-9-6-7-15(2)11-17)21(27)19-12-20(25-14-24-19)23-13-16-8-4-5-10-18(16)22/h4-12,14H,3,13H2,1-2H3,(H,23,24,25). The molecule has 1 N–H and O–H groups in total. The zero-order valence-corrected chi connectivity index (χ0v) is 16.1. The maximum atomic E-state index is 13.0. The van der Waals surface area contributed by atoms with Gasteiger partial charge in [0, 0.05) is 29.9 Å². The van der Waals surface area contributed by atoms with Crippen LogP contribution in [-0.4, -0.2) is 22.4 Å². The summed E-state index contributed by atoms with van der Waals surface area (Å²) in [5.74, 6) is 0.417. The van der Waals surface area contributed by atoms with E-state index in [-0.39, 0.29) is 5.91 Å². The van der Waals surface area contributed by atoms with E-state index in [4.69, 9.17) is 11.6 Å². The second kappa shape index (κ2) is 8.64. The van der Waals surface area contributed by atoms with Crippen molar-refractivity contribution >= 4 is 29.0 Å². The van der Waals surface area contributed by atoms with Gasteiger partial charge in [-0.1, -0.05) is 41.9 Å². The fraction of sp³-hybridized carbons (Fsp3) is 0.190. The first kappa shape index (κ1) is 18.9. The van der Waals surface area contributed by atoms with Gasteiger partial charge in [-0.15, -0.1) is 0 Å². The van der Waals surface area contributed by atoms with Gasteiger partial charge in [0.05, 0.1) is 0 Å². The van der Waals surface area contributed by atoms with Crippen molar-refractivity contribution in [3.8, 4) is 0 Å². The lowest BCUT2D eigenvalue weighted by Gasteiger charge is -2.21. The second-order valence-electron chi connectivity index (χ2n) is 6.12.